The summed E-state index contributed by atoms with van der Waals surface area (Å²) < 4.78 is 0. The fraction of sp³-hybridized carbons (Fsp3) is 0.467. The van der Waals surface area contributed by atoms with Crippen molar-refractivity contribution < 1.29 is 0 Å². The summed E-state index contributed by atoms with van der Waals surface area (Å²) in [6, 6.07) is 3.62. The minimum Gasteiger partial charge on any atom is -0.332 e. The summed E-state index contributed by atoms with van der Waals surface area (Å²) >= 11 is 0. The van der Waals surface area contributed by atoms with Crippen molar-refractivity contribution >= 4 is 5.95 Å². The van der Waals surface area contributed by atoms with Crippen molar-refractivity contribution in [2.24, 2.45) is 0 Å². The summed E-state index contributed by atoms with van der Waals surface area (Å²) in [6.07, 6.45) is 2.01. The number of aromatic nitrogens is 4. The van der Waals surface area contributed by atoms with Crippen molar-refractivity contribution in [3.05, 3.63) is 45.4 Å². The summed E-state index contributed by atoms with van der Waals surface area (Å²) in [6.45, 7) is 6.64. The lowest BCUT2D eigenvalue weighted by Gasteiger charge is -2.24. The van der Waals surface area contributed by atoms with Crippen LogP contribution < -0.4 is 10.5 Å². The molecule has 0 spiro atoms. The maximum atomic E-state index is 11.7. The van der Waals surface area contributed by atoms with Crippen LogP contribution in [-0.2, 0) is 0 Å². The van der Waals surface area contributed by atoms with Gasteiger partial charge in [0.2, 0.25) is 5.95 Å². The molecule has 1 N–H and O–H groups in total. The van der Waals surface area contributed by atoms with E-state index < -0.39 is 0 Å². The first-order valence-electron chi connectivity index (χ1n) is 7.20. The summed E-state index contributed by atoms with van der Waals surface area (Å²) in [4.78, 5) is 30.1. The van der Waals surface area contributed by atoms with Crippen LogP contribution in [0.25, 0.3) is 0 Å². The Labute approximate surface area is 123 Å². The highest BCUT2D eigenvalue weighted by Gasteiger charge is 2.29. The summed E-state index contributed by atoms with van der Waals surface area (Å²) in [5.74, 6) is 1.38. The number of hydrogen-bond donors (Lipinski definition) is 1. The van der Waals surface area contributed by atoms with Gasteiger partial charge < -0.3 is 9.88 Å². The molecule has 1 saturated heterocycles. The Morgan fingerprint density at radius 2 is 1.86 bits per heavy atom. The van der Waals surface area contributed by atoms with Crippen LogP contribution in [-0.4, -0.2) is 26.5 Å². The molecule has 1 aliphatic heterocycles. The lowest BCUT2D eigenvalue weighted by Crippen LogP contribution is -2.27. The minimum absolute atomic E-state index is 0.0761. The van der Waals surface area contributed by atoms with E-state index in [2.05, 4.69) is 24.8 Å². The molecule has 0 bridgehead atoms. The molecule has 0 aliphatic carbocycles. The zero-order valence-electron chi connectivity index (χ0n) is 12.6. The van der Waals surface area contributed by atoms with Crippen molar-refractivity contribution in [3.63, 3.8) is 0 Å². The quantitative estimate of drug-likeness (QED) is 0.911. The average molecular weight is 285 g/mol. The van der Waals surface area contributed by atoms with Crippen LogP contribution in [0.3, 0.4) is 0 Å². The maximum absolute atomic E-state index is 11.7. The summed E-state index contributed by atoms with van der Waals surface area (Å²) in [5.41, 5.74) is 2.61. The molecule has 0 amide bonds. The maximum Gasteiger partial charge on any atom is 0.251 e. The number of aryl methyl sites for hydroxylation is 3. The molecule has 0 aromatic carbocycles. The molecule has 1 aliphatic rings. The van der Waals surface area contributed by atoms with Crippen molar-refractivity contribution in [1.29, 1.82) is 0 Å². The fourth-order valence-electron chi connectivity index (χ4n) is 2.92. The van der Waals surface area contributed by atoms with Gasteiger partial charge in [0.05, 0.1) is 11.7 Å². The topological polar surface area (TPSA) is 74.8 Å². The summed E-state index contributed by atoms with van der Waals surface area (Å²) in [5, 5.41) is 0. The Morgan fingerprint density at radius 1 is 1.14 bits per heavy atom. The van der Waals surface area contributed by atoms with Crippen molar-refractivity contribution in [1.82, 2.24) is 19.9 Å². The zero-order chi connectivity index (χ0) is 15.0. The van der Waals surface area contributed by atoms with Crippen LogP contribution in [0, 0.1) is 20.8 Å². The molecule has 6 heteroatoms. The molecule has 1 atom stereocenters. The predicted octanol–water partition coefficient (Wildman–Crippen LogP) is 1.83. The number of H-pyrrole nitrogens is 1. The Morgan fingerprint density at radius 3 is 2.52 bits per heavy atom. The van der Waals surface area contributed by atoms with Crippen LogP contribution in [0.4, 0.5) is 5.95 Å². The van der Waals surface area contributed by atoms with E-state index in [1.165, 1.54) is 0 Å². The molecule has 6 nitrogen and oxygen atoms in total. The smallest absolute Gasteiger partial charge is 0.251 e. The average Bonchev–Trinajstić information content (AvgIpc) is 2.85. The van der Waals surface area contributed by atoms with Gasteiger partial charge in [-0.3, -0.25) is 4.79 Å². The first-order chi connectivity index (χ1) is 10.0. The molecule has 110 valence electrons. The number of hydrogen-bond acceptors (Lipinski definition) is 5. The number of aromatic amines is 1. The first-order valence-corrected chi connectivity index (χ1v) is 7.20. The summed E-state index contributed by atoms with van der Waals surface area (Å²) in [7, 11) is 0. The fourth-order valence-corrected chi connectivity index (χ4v) is 2.92. The van der Waals surface area contributed by atoms with Gasteiger partial charge >= 0.3 is 0 Å². The van der Waals surface area contributed by atoms with E-state index in [0.29, 0.717) is 5.82 Å². The molecule has 0 radical (unpaired) electrons. The number of nitrogens with zero attached hydrogens (tertiary/aromatic N) is 4. The zero-order valence-corrected chi connectivity index (χ0v) is 12.6. The largest absolute Gasteiger partial charge is 0.332 e. The molecule has 3 rings (SSSR count). The van der Waals surface area contributed by atoms with Crippen molar-refractivity contribution in [3.8, 4) is 0 Å². The van der Waals surface area contributed by atoms with Crippen molar-refractivity contribution in [2.75, 3.05) is 11.4 Å². The Bertz CT molecular complexity index is 704. The van der Waals surface area contributed by atoms with Crippen LogP contribution in [0.15, 0.2) is 16.9 Å². The third-order valence-electron chi connectivity index (χ3n) is 3.70. The van der Waals surface area contributed by atoms with E-state index in [-0.39, 0.29) is 11.6 Å². The molecule has 0 saturated carbocycles. The number of anilines is 1. The van der Waals surface area contributed by atoms with E-state index in [1.807, 2.05) is 19.9 Å². The SMILES string of the molecule is Cc1cc(C)nc(N2CCC[C@@H]2c2cc(=O)[nH]c(C)n2)n1. The monoisotopic (exact) mass is 285 g/mol. The van der Waals surface area contributed by atoms with Crippen molar-refractivity contribution in [2.45, 2.75) is 39.7 Å². The van der Waals surface area contributed by atoms with E-state index in [9.17, 15) is 4.79 Å². The third-order valence-corrected chi connectivity index (χ3v) is 3.70. The van der Waals surface area contributed by atoms with Crippen LogP contribution in [0.1, 0.15) is 41.8 Å². The van der Waals surface area contributed by atoms with E-state index in [4.69, 9.17) is 0 Å². The number of nitrogens with one attached hydrogen (secondary N) is 1. The first kappa shape index (κ1) is 13.7. The molecule has 21 heavy (non-hydrogen) atoms. The van der Waals surface area contributed by atoms with Gasteiger partial charge in [0.25, 0.3) is 5.56 Å². The highest BCUT2D eigenvalue weighted by molar-refractivity contribution is 5.37. The normalized spacial score (nSPS) is 18.2. The van der Waals surface area contributed by atoms with E-state index in [0.717, 1.165) is 42.4 Å². The lowest BCUT2D eigenvalue weighted by molar-refractivity contribution is 0.668. The van der Waals surface area contributed by atoms with Crippen LogP contribution in [0.5, 0.6) is 0 Å². The molecular formula is C15H19N5O. The highest BCUT2D eigenvalue weighted by atomic mass is 16.1. The lowest BCUT2D eigenvalue weighted by atomic mass is 10.1. The third kappa shape index (κ3) is 2.79. The molecular weight excluding hydrogens is 266 g/mol. The Hall–Kier alpha value is -2.24. The second kappa shape index (κ2) is 5.27. The molecule has 1 fully saturated rings. The van der Waals surface area contributed by atoms with Gasteiger partial charge in [0.15, 0.2) is 0 Å². The molecule has 2 aromatic heterocycles. The van der Waals surface area contributed by atoms with E-state index in [1.54, 1.807) is 13.0 Å². The van der Waals surface area contributed by atoms with Gasteiger partial charge in [-0.25, -0.2) is 15.0 Å². The number of rotatable bonds is 2. The standard InChI is InChI=1S/C15H19N5O/c1-9-7-10(2)17-15(16-9)20-6-4-5-13(20)12-8-14(21)19-11(3)18-12/h7-8,13H,4-6H2,1-3H3,(H,18,19,21)/t13-/m1/s1. The Balaban J connectivity index is 2.00. The molecule has 3 heterocycles. The highest BCUT2D eigenvalue weighted by Crippen LogP contribution is 2.33. The van der Waals surface area contributed by atoms with Gasteiger partial charge in [-0.15, -0.1) is 0 Å². The van der Waals surface area contributed by atoms with Gasteiger partial charge in [-0.2, -0.15) is 0 Å². The van der Waals surface area contributed by atoms with Gasteiger partial charge in [0.1, 0.15) is 5.82 Å². The van der Waals surface area contributed by atoms with Gasteiger partial charge in [0, 0.05) is 24.0 Å². The van der Waals surface area contributed by atoms with Crippen LogP contribution in [0.2, 0.25) is 0 Å². The van der Waals surface area contributed by atoms with Gasteiger partial charge in [-0.1, -0.05) is 0 Å². The minimum atomic E-state index is -0.106. The molecule has 2 aromatic rings. The van der Waals surface area contributed by atoms with E-state index >= 15 is 0 Å². The van der Waals surface area contributed by atoms with Crippen LogP contribution >= 0.6 is 0 Å². The molecule has 0 unspecified atom stereocenters. The second-order valence-corrected chi connectivity index (χ2v) is 5.56. The predicted molar refractivity (Wildman–Crippen MR) is 80.4 cm³/mol. The Kier molecular flexibility index (Phi) is 3.45. The second-order valence-electron chi connectivity index (χ2n) is 5.56. The van der Waals surface area contributed by atoms with Gasteiger partial charge in [-0.05, 0) is 39.7 Å².